The van der Waals surface area contributed by atoms with Crippen LogP contribution in [0.15, 0.2) is 34.9 Å². The minimum atomic E-state index is -0.269. The normalized spacial score (nSPS) is 10.8. The van der Waals surface area contributed by atoms with Crippen molar-refractivity contribution in [2.24, 2.45) is 0 Å². The third-order valence-corrected chi connectivity index (χ3v) is 4.44. The van der Waals surface area contributed by atoms with Gasteiger partial charge in [0.2, 0.25) is 0 Å². The monoisotopic (exact) mass is 403 g/mol. The lowest BCUT2D eigenvalue weighted by atomic mass is 10.2. The molecule has 2 aromatic heterocycles. The van der Waals surface area contributed by atoms with Crippen molar-refractivity contribution in [3.05, 3.63) is 51.9 Å². The SMILES string of the molecule is COc1ccc(OC)c(NC(=O)c2c(C)nc3c(Br)cc(C)cn23)c1. The topological polar surface area (TPSA) is 64.9 Å². The lowest BCUT2D eigenvalue weighted by Crippen LogP contribution is -2.16. The Labute approximate surface area is 153 Å². The smallest absolute Gasteiger partial charge is 0.274 e. The summed E-state index contributed by atoms with van der Waals surface area (Å²) in [6, 6.07) is 7.20. The van der Waals surface area contributed by atoms with Crippen molar-refractivity contribution < 1.29 is 14.3 Å². The number of ether oxygens (including phenoxy) is 2. The number of methoxy groups -OCH3 is 2. The molecule has 0 aliphatic rings. The summed E-state index contributed by atoms with van der Waals surface area (Å²) in [7, 11) is 3.12. The predicted molar refractivity (Wildman–Crippen MR) is 99.9 cm³/mol. The fraction of sp³-hybridized carbons (Fsp3) is 0.222. The highest BCUT2D eigenvalue weighted by Crippen LogP contribution is 2.30. The van der Waals surface area contributed by atoms with Crippen molar-refractivity contribution in [2.45, 2.75) is 13.8 Å². The first-order valence-corrected chi connectivity index (χ1v) is 8.42. The number of hydrogen-bond acceptors (Lipinski definition) is 4. The van der Waals surface area contributed by atoms with Crippen molar-refractivity contribution in [3.8, 4) is 11.5 Å². The maximum absolute atomic E-state index is 12.9. The van der Waals surface area contributed by atoms with E-state index in [1.165, 1.54) is 0 Å². The highest BCUT2D eigenvalue weighted by atomic mass is 79.9. The lowest BCUT2D eigenvalue weighted by molar-refractivity contribution is 0.102. The van der Waals surface area contributed by atoms with E-state index in [0.717, 1.165) is 10.0 Å². The van der Waals surface area contributed by atoms with Crippen LogP contribution in [0, 0.1) is 13.8 Å². The second-order valence-corrected chi connectivity index (χ2v) is 6.48. The van der Waals surface area contributed by atoms with E-state index in [-0.39, 0.29) is 5.91 Å². The Kier molecular flexibility index (Phi) is 4.67. The average molecular weight is 404 g/mol. The van der Waals surface area contributed by atoms with Gasteiger partial charge >= 0.3 is 0 Å². The van der Waals surface area contributed by atoms with E-state index >= 15 is 0 Å². The third kappa shape index (κ3) is 3.19. The van der Waals surface area contributed by atoms with Crippen molar-refractivity contribution in [2.75, 3.05) is 19.5 Å². The fourth-order valence-electron chi connectivity index (χ4n) is 2.71. The number of nitrogens with one attached hydrogen (secondary N) is 1. The molecular formula is C18H18BrN3O3. The molecule has 1 N–H and O–H groups in total. The Morgan fingerprint density at radius 1 is 1.20 bits per heavy atom. The number of anilines is 1. The zero-order valence-electron chi connectivity index (χ0n) is 14.4. The summed E-state index contributed by atoms with van der Waals surface area (Å²) in [6.07, 6.45) is 1.89. The molecule has 3 rings (SSSR count). The van der Waals surface area contributed by atoms with Gasteiger partial charge in [-0.3, -0.25) is 9.20 Å². The minimum absolute atomic E-state index is 0.269. The van der Waals surface area contributed by atoms with Crippen molar-refractivity contribution in [1.29, 1.82) is 0 Å². The average Bonchev–Trinajstić information content (AvgIpc) is 2.91. The van der Waals surface area contributed by atoms with Gasteiger partial charge in [-0.1, -0.05) is 0 Å². The Morgan fingerprint density at radius 2 is 1.96 bits per heavy atom. The Bertz CT molecular complexity index is 966. The van der Waals surface area contributed by atoms with Crippen LogP contribution in [0.25, 0.3) is 5.65 Å². The quantitative estimate of drug-likeness (QED) is 0.715. The molecule has 1 amide bonds. The number of aryl methyl sites for hydroxylation is 2. The van der Waals surface area contributed by atoms with E-state index in [4.69, 9.17) is 9.47 Å². The summed E-state index contributed by atoms with van der Waals surface area (Å²) < 4.78 is 13.2. The molecule has 1 aromatic carbocycles. The molecule has 6 nitrogen and oxygen atoms in total. The van der Waals surface area contributed by atoms with Gasteiger partial charge in [-0.25, -0.2) is 4.98 Å². The van der Waals surface area contributed by atoms with Crippen molar-refractivity contribution >= 4 is 33.2 Å². The lowest BCUT2D eigenvalue weighted by Gasteiger charge is -2.12. The van der Waals surface area contributed by atoms with Crippen LogP contribution >= 0.6 is 15.9 Å². The minimum Gasteiger partial charge on any atom is -0.497 e. The number of benzene rings is 1. The number of carbonyl (C=O) groups is 1. The molecule has 0 saturated carbocycles. The Balaban J connectivity index is 2.05. The number of rotatable bonds is 4. The summed E-state index contributed by atoms with van der Waals surface area (Å²) in [5, 5.41) is 2.89. The molecule has 25 heavy (non-hydrogen) atoms. The number of carbonyl (C=O) groups excluding carboxylic acids is 1. The Hall–Kier alpha value is -2.54. The summed E-state index contributed by atoms with van der Waals surface area (Å²) in [6.45, 7) is 3.78. The second kappa shape index (κ2) is 6.76. The van der Waals surface area contributed by atoms with Crippen molar-refractivity contribution in [1.82, 2.24) is 9.38 Å². The number of halogens is 1. The largest absolute Gasteiger partial charge is 0.497 e. The standard InChI is InChI=1S/C18H18BrN3O3/c1-10-7-13(19)17-20-11(2)16(22(17)9-10)18(23)21-14-8-12(24-3)5-6-15(14)25-4/h5-9H,1-4H3,(H,21,23). The van der Waals surface area contributed by atoms with Crippen LogP contribution in [0.5, 0.6) is 11.5 Å². The molecule has 3 aromatic rings. The first kappa shape index (κ1) is 17.3. The van der Waals surface area contributed by atoms with Gasteiger partial charge in [0, 0.05) is 12.3 Å². The van der Waals surface area contributed by atoms with Crippen LogP contribution in [0.1, 0.15) is 21.7 Å². The highest BCUT2D eigenvalue weighted by molar-refractivity contribution is 9.10. The van der Waals surface area contributed by atoms with Crippen LogP contribution in [0.3, 0.4) is 0 Å². The number of nitrogens with zero attached hydrogens (tertiary/aromatic N) is 2. The molecule has 2 heterocycles. The molecular weight excluding hydrogens is 386 g/mol. The second-order valence-electron chi connectivity index (χ2n) is 5.63. The number of aromatic nitrogens is 2. The summed E-state index contributed by atoms with van der Waals surface area (Å²) in [4.78, 5) is 17.4. The van der Waals surface area contributed by atoms with E-state index < -0.39 is 0 Å². The van der Waals surface area contributed by atoms with Crippen LogP contribution in [-0.2, 0) is 0 Å². The van der Waals surface area contributed by atoms with Gasteiger partial charge in [0.05, 0.1) is 30.1 Å². The molecule has 0 atom stereocenters. The van der Waals surface area contributed by atoms with Crippen LogP contribution in [0.2, 0.25) is 0 Å². The van der Waals surface area contributed by atoms with E-state index in [1.54, 1.807) is 36.8 Å². The van der Waals surface area contributed by atoms with Gasteiger partial charge in [-0.15, -0.1) is 0 Å². The predicted octanol–water partition coefficient (Wildman–Crippen LogP) is 3.98. The molecule has 0 spiro atoms. The molecule has 0 unspecified atom stereocenters. The molecule has 0 saturated heterocycles. The Morgan fingerprint density at radius 3 is 2.64 bits per heavy atom. The van der Waals surface area contributed by atoms with Gasteiger partial charge in [0.15, 0.2) is 5.65 Å². The maximum atomic E-state index is 12.9. The van der Waals surface area contributed by atoms with E-state index in [1.807, 2.05) is 26.1 Å². The van der Waals surface area contributed by atoms with E-state index in [9.17, 15) is 4.79 Å². The molecule has 130 valence electrons. The van der Waals surface area contributed by atoms with E-state index in [2.05, 4.69) is 26.2 Å². The van der Waals surface area contributed by atoms with Crippen LogP contribution in [-0.4, -0.2) is 29.5 Å². The molecule has 0 fully saturated rings. The van der Waals surface area contributed by atoms with E-state index in [0.29, 0.717) is 34.2 Å². The summed E-state index contributed by atoms with van der Waals surface area (Å²) in [5.74, 6) is 0.914. The fourth-order valence-corrected chi connectivity index (χ4v) is 3.35. The van der Waals surface area contributed by atoms with Crippen LogP contribution < -0.4 is 14.8 Å². The molecule has 0 aliphatic heterocycles. The first-order valence-electron chi connectivity index (χ1n) is 7.62. The van der Waals surface area contributed by atoms with Crippen molar-refractivity contribution in [3.63, 3.8) is 0 Å². The maximum Gasteiger partial charge on any atom is 0.274 e. The van der Waals surface area contributed by atoms with Gasteiger partial charge in [0.1, 0.15) is 17.2 Å². The molecule has 7 heteroatoms. The van der Waals surface area contributed by atoms with Gasteiger partial charge < -0.3 is 14.8 Å². The molecule has 0 aliphatic carbocycles. The number of imidazole rings is 1. The molecule has 0 radical (unpaired) electrons. The zero-order chi connectivity index (χ0) is 18.1. The number of amides is 1. The van der Waals surface area contributed by atoms with Gasteiger partial charge in [-0.2, -0.15) is 0 Å². The highest BCUT2D eigenvalue weighted by Gasteiger charge is 2.20. The summed E-state index contributed by atoms with van der Waals surface area (Å²) >= 11 is 3.50. The molecule has 0 bridgehead atoms. The number of hydrogen-bond donors (Lipinski definition) is 1. The zero-order valence-corrected chi connectivity index (χ0v) is 16.0. The number of pyridine rings is 1. The van der Waals surface area contributed by atoms with Crippen LogP contribution in [0.4, 0.5) is 5.69 Å². The third-order valence-electron chi connectivity index (χ3n) is 3.86. The first-order chi connectivity index (χ1) is 11.9. The number of fused-ring (bicyclic) bond motifs is 1. The summed E-state index contributed by atoms with van der Waals surface area (Å²) in [5.41, 5.74) is 3.37. The van der Waals surface area contributed by atoms with Gasteiger partial charge in [-0.05, 0) is 53.5 Å². The van der Waals surface area contributed by atoms with Gasteiger partial charge in [0.25, 0.3) is 5.91 Å².